The molecular weight excluding hydrogens is 362 g/mol. The van der Waals surface area contributed by atoms with Gasteiger partial charge < -0.3 is 14.2 Å². The minimum Gasteiger partial charge on any atom is -0.497 e. The van der Waals surface area contributed by atoms with Gasteiger partial charge in [-0.15, -0.1) is 0 Å². The summed E-state index contributed by atoms with van der Waals surface area (Å²) in [4.78, 5) is 18.5. The Labute approximate surface area is 170 Å². The molecule has 2 aliphatic heterocycles. The molecule has 2 bridgehead atoms. The van der Waals surface area contributed by atoms with Crippen LogP contribution in [-0.4, -0.2) is 29.8 Å². The van der Waals surface area contributed by atoms with E-state index in [2.05, 4.69) is 23.2 Å². The van der Waals surface area contributed by atoms with Gasteiger partial charge in [0.2, 0.25) is 0 Å². The smallest absolute Gasteiger partial charge is 0.250 e. The third-order valence-electron chi connectivity index (χ3n) is 6.37. The summed E-state index contributed by atoms with van der Waals surface area (Å²) in [5.74, 6) is 1.85. The molecule has 5 nitrogen and oxygen atoms in total. The largest absolute Gasteiger partial charge is 0.497 e. The highest BCUT2D eigenvalue weighted by Crippen LogP contribution is 2.36. The minimum atomic E-state index is 0.126. The number of pyridine rings is 2. The van der Waals surface area contributed by atoms with Gasteiger partial charge in [-0.3, -0.25) is 9.78 Å². The SMILES string of the molecule is COc1ccc(C[NH+]2C[C@@H]3C[C@H](C2)c2c(-c4cccnc4)ccc(=O)n2C3)cc1. The molecule has 2 aromatic heterocycles. The molecule has 3 atom stereocenters. The van der Waals surface area contributed by atoms with Gasteiger partial charge in [-0.2, -0.15) is 0 Å². The van der Waals surface area contributed by atoms with Gasteiger partial charge in [0, 0.05) is 59.2 Å². The highest BCUT2D eigenvalue weighted by molar-refractivity contribution is 5.66. The molecule has 1 unspecified atom stereocenters. The Kier molecular flexibility index (Phi) is 4.68. The number of rotatable bonds is 4. The van der Waals surface area contributed by atoms with Gasteiger partial charge in [0.15, 0.2) is 0 Å². The second-order valence-corrected chi connectivity index (χ2v) is 8.30. The molecular formula is C24H26N3O2+. The molecule has 1 fully saturated rings. The predicted molar refractivity (Wildman–Crippen MR) is 112 cm³/mol. The molecule has 0 radical (unpaired) electrons. The van der Waals surface area contributed by atoms with Crippen molar-refractivity contribution in [2.24, 2.45) is 5.92 Å². The monoisotopic (exact) mass is 388 g/mol. The first-order valence-electron chi connectivity index (χ1n) is 10.3. The number of aromatic nitrogens is 2. The fourth-order valence-electron chi connectivity index (χ4n) is 5.18. The van der Waals surface area contributed by atoms with Crippen molar-refractivity contribution in [3.05, 3.63) is 82.5 Å². The number of likely N-dealkylation sites (tertiary alicyclic amines) is 1. The van der Waals surface area contributed by atoms with Gasteiger partial charge in [0.1, 0.15) is 12.3 Å². The van der Waals surface area contributed by atoms with Crippen LogP contribution in [-0.2, 0) is 13.1 Å². The molecule has 5 heteroatoms. The highest BCUT2D eigenvalue weighted by atomic mass is 16.5. The van der Waals surface area contributed by atoms with Crippen LogP contribution < -0.4 is 15.2 Å². The van der Waals surface area contributed by atoms with Crippen LogP contribution in [0.4, 0.5) is 0 Å². The van der Waals surface area contributed by atoms with Crippen molar-refractivity contribution in [3.63, 3.8) is 0 Å². The predicted octanol–water partition coefficient (Wildman–Crippen LogP) is 2.12. The molecule has 3 aromatic rings. The third kappa shape index (κ3) is 3.47. The molecule has 0 spiro atoms. The molecule has 4 heterocycles. The molecule has 1 N–H and O–H groups in total. The molecule has 0 saturated carbocycles. The van der Waals surface area contributed by atoms with Crippen LogP contribution in [0, 0.1) is 5.92 Å². The third-order valence-corrected chi connectivity index (χ3v) is 6.37. The molecule has 29 heavy (non-hydrogen) atoms. The van der Waals surface area contributed by atoms with E-state index in [1.54, 1.807) is 24.3 Å². The summed E-state index contributed by atoms with van der Waals surface area (Å²) in [6.45, 7) is 4.01. The Morgan fingerprint density at radius 3 is 2.76 bits per heavy atom. The van der Waals surface area contributed by atoms with Gasteiger partial charge in [-0.1, -0.05) is 6.07 Å². The van der Waals surface area contributed by atoms with E-state index in [4.69, 9.17) is 4.74 Å². The molecule has 1 aromatic carbocycles. The number of methoxy groups -OCH3 is 1. The van der Waals surface area contributed by atoms with Crippen molar-refractivity contribution in [2.75, 3.05) is 20.2 Å². The Balaban J connectivity index is 1.46. The summed E-state index contributed by atoms with van der Waals surface area (Å²) in [6.07, 6.45) is 4.86. The van der Waals surface area contributed by atoms with Gasteiger partial charge in [-0.05, 0) is 42.8 Å². The summed E-state index contributed by atoms with van der Waals surface area (Å²) in [5.41, 5.74) is 4.91. The van der Waals surface area contributed by atoms with E-state index >= 15 is 0 Å². The number of hydrogen-bond donors (Lipinski definition) is 1. The van der Waals surface area contributed by atoms with Crippen LogP contribution in [0.5, 0.6) is 5.75 Å². The van der Waals surface area contributed by atoms with Crippen molar-refractivity contribution in [2.45, 2.75) is 25.4 Å². The Bertz CT molecular complexity index is 1060. The number of piperidine rings is 1. The number of hydrogen-bond acceptors (Lipinski definition) is 3. The van der Waals surface area contributed by atoms with Crippen LogP contribution in [0.25, 0.3) is 11.1 Å². The van der Waals surface area contributed by atoms with Gasteiger partial charge in [-0.25, -0.2) is 0 Å². The standard InChI is InChI=1S/C24H25N3O2/c1-29-21-6-4-17(5-7-21)13-26-14-18-11-20(16-26)24-22(19-3-2-10-25-12-19)8-9-23(28)27(24)15-18/h2-10,12,18,20H,11,13-16H2,1H3/p+1/t18-,20+/m0/s1. The zero-order chi connectivity index (χ0) is 19.8. The first kappa shape index (κ1) is 18.1. The second kappa shape index (κ2) is 7.48. The topological polar surface area (TPSA) is 48.6 Å². The lowest BCUT2D eigenvalue weighted by molar-refractivity contribution is -0.924. The first-order valence-corrected chi connectivity index (χ1v) is 10.3. The van der Waals surface area contributed by atoms with Crippen molar-refractivity contribution < 1.29 is 9.64 Å². The van der Waals surface area contributed by atoms with E-state index in [1.165, 1.54) is 17.7 Å². The van der Waals surface area contributed by atoms with Crippen LogP contribution in [0.1, 0.15) is 23.6 Å². The van der Waals surface area contributed by atoms with E-state index in [9.17, 15) is 4.79 Å². The van der Waals surface area contributed by atoms with Crippen molar-refractivity contribution in [1.82, 2.24) is 9.55 Å². The van der Waals surface area contributed by atoms with E-state index in [0.717, 1.165) is 43.1 Å². The molecule has 0 aliphatic carbocycles. The minimum absolute atomic E-state index is 0.126. The van der Waals surface area contributed by atoms with Crippen molar-refractivity contribution in [1.29, 1.82) is 0 Å². The number of ether oxygens (including phenoxy) is 1. The summed E-state index contributed by atoms with van der Waals surface area (Å²) >= 11 is 0. The highest BCUT2D eigenvalue weighted by Gasteiger charge is 2.38. The average Bonchev–Trinajstić information content (AvgIpc) is 2.75. The number of benzene rings is 1. The van der Waals surface area contributed by atoms with Crippen LogP contribution in [0.3, 0.4) is 0 Å². The van der Waals surface area contributed by atoms with Gasteiger partial charge in [0.05, 0.1) is 20.2 Å². The van der Waals surface area contributed by atoms with E-state index < -0.39 is 0 Å². The fourth-order valence-corrected chi connectivity index (χ4v) is 5.18. The van der Waals surface area contributed by atoms with Crippen molar-refractivity contribution >= 4 is 0 Å². The lowest BCUT2D eigenvalue weighted by atomic mass is 9.80. The van der Waals surface area contributed by atoms with Crippen LogP contribution in [0.2, 0.25) is 0 Å². The summed E-state index contributed by atoms with van der Waals surface area (Å²) in [7, 11) is 1.70. The molecule has 2 aliphatic rings. The fraction of sp³-hybridized carbons (Fsp3) is 0.333. The van der Waals surface area contributed by atoms with Gasteiger partial charge >= 0.3 is 0 Å². The maximum atomic E-state index is 12.6. The number of fused-ring (bicyclic) bond motifs is 4. The van der Waals surface area contributed by atoms with Crippen molar-refractivity contribution in [3.8, 4) is 16.9 Å². The molecule has 0 amide bonds. The number of quaternary nitrogens is 1. The lowest BCUT2D eigenvalue weighted by Gasteiger charge is -2.41. The average molecular weight is 388 g/mol. The Morgan fingerprint density at radius 1 is 1.14 bits per heavy atom. The maximum Gasteiger partial charge on any atom is 0.250 e. The lowest BCUT2D eigenvalue weighted by Crippen LogP contribution is -3.13. The summed E-state index contributed by atoms with van der Waals surface area (Å²) in [6, 6.07) is 16.2. The van der Waals surface area contributed by atoms with Gasteiger partial charge in [0.25, 0.3) is 5.56 Å². The van der Waals surface area contributed by atoms with Crippen LogP contribution >= 0.6 is 0 Å². The van der Waals surface area contributed by atoms with E-state index in [-0.39, 0.29) is 5.56 Å². The molecule has 5 rings (SSSR count). The normalized spacial score (nSPS) is 22.7. The number of nitrogens with zero attached hydrogens (tertiary/aromatic N) is 2. The summed E-state index contributed by atoms with van der Waals surface area (Å²) < 4.78 is 7.31. The van der Waals surface area contributed by atoms with E-state index in [1.807, 2.05) is 35.0 Å². The molecule has 1 saturated heterocycles. The zero-order valence-corrected chi connectivity index (χ0v) is 16.7. The maximum absolute atomic E-state index is 12.6. The first-order chi connectivity index (χ1) is 14.2. The second-order valence-electron chi connectivity index (χ2n) is 8.30. The summed E-state index contributed by atoms with van der Waals surface area (Å²) in [5, 5.41) is 0. The Morgan fingerprint density at radius 2 is 2.00 bits per heavy atom. The Hall–Kier alpha value is -2.92. The number of nitrogens with one attached hydrogen (secondary N) is 1. The van der Waals surface area contributed by atoms with E-state index in [0.29, 0.717) is 11.8 Å². The zero-order valence-electron chi connectivity index (χ0n) is 16.7. The quantitative estimate of drug-likeness (QED) is 0.745. The molecule has 148 valence electrons. The van der Waals surface area contributed by atoms with Crippen LogP contribution in [0.15, 0.2) is 65.7 Å².